The van der Waals surface area contributed by atoms with Gasteiger partial charge in [-0.05, 0) is 43.4 Å². The molecule has 1 aliphatic rings. The van der Waals surface area contributed by atoms with Crippen LogP contribution in [0, 0.1) is 11.7 Å². The van der Waals surface area contributed by atoms with Crippen LogP contribution in [0.4, 0.5) is 4.39 Å². The zero-order chi connectivity index (χ0) is 13.8. The Kier molecular flexibility index (Phi) is 4.94. The minimum absolute atomic E-state index is 0.175. The summed E-state index contributed by atoms with van der Waals surface area (Å²) in [6.45, 7) is 7.34. The number of hydrogen-bond acceptors (Lipinski definition) is 2. The summed E-state index contributed by atoms with van der Waals surface area (Å²) < 4.78 is 18.6. The molecule has 2 nitrogen and oxygen atoms in total. The van der Waals surface area contributed by atoms with E-state index in [4.69, 9.17) is 4.74 Å². The second-order valence-corrected chi connectivity index (χ2v) is 5.84. The highest BCUT2D eigenvalue weighted by atomic mass is 19.1. The molecule has 0 saturated carbocycles. The highest BCUT2D eigenvalue weighted by Crippen LogP contribution is 2.25. The number of hydrogen-bond donors (Lipinski definition) is 1. The SMILES string of the molecule is CC1CC(NC(c2ccc(F)cc2)C(C)C)CCO1. The average molecular weight is 265 g/mol. The minimum Gasteiger partial charge on any atom is -0.378 e. The van der Waals surface area contributed by atoms with E-state index in [9.17, 15) is 4.39 Å². The average Bonchev–Trinajstić information content (AvgIpc) is 2.37. The molecule has 1 N–H and O–H groups in total. The van der Waals surface area contributed by atoms with Crippen molar-refractivity contribution in [1.82, 2.24) is 5.32 Å². The van der Waals surface area contributed by atoms with Gasteiger partial charge >= 0.3 is 0 Å². The van der Waals surface area contributed by atoms with Gasteiger partial charge in [-0.1, -0.05) is 26.0 Å². The van der Waals surface area contributed by atoms with E-state index in [0.29, 0.717) is 18.1 Å². The smallest absolute Gasteiger partial charge is 0.123 e. The monoisotopic (exact) mass is 265 g/mol. The van der Waals surface area contributed by atoms with Gasteiger partial charge in [-0.15, -0.1) is 0 Å². The molecule has 1 aromatic rings. The molecule has 0 spiro atoms. The largest absolute Gasteiger partial charge is 0.378 e. The maximum atomic E-state index is 13.0. The van der Waals surface area contributed by atoms with Gasteiger partial charge in [0, 0.05) is 18.7 Å². The van der Waals surface area contributed by atoms with Crippen LogP contribution < -0.4 is 5.32 Å². The first kappa shape index (κ1) is 14.5. The van der Waals surface area contributed by atoms with Crippen molar-refractivity contribution in [2.24, 2.45) is 5.92 Å². The van der Waals surface area contributed by atoms with E-state index >= 15 is 0 Å². The molecule has 3 atom stereocenters. The van der Waals surface area contributed by atoms with Crippen molar-refractivity contribution in [2.75, 3.05) is 6.61 Å². The van der Waals surface area contributed by atoms with E-state index < -0.39 is 0 Å². The van der Waals surface area contributed by atoms with Crippen molar-refractivity contribution in [3.05, 3.63) is 35.6 Å². The fraction of sp³-hybridized carbons (Fsp3) is 0.625. The molecule has 1 heterocycles. The van der Waals surface area contributed by atoms with Crippen LogP contribution in [0.5, 0.6) is 0 Å². The minimum atomic E-state index is -0.175. The van der Waals surface area contributed by atoms with Gasteiger partial charge < -0.3 is 10.1 Å². The molecule has 3 unspecified atom stereocenters. The summed E-state index contributed by atoms with van der Waals surface area (Å²) in [4.78, 5) is 0. The maximum absolute atomic E-state index is 13.0. The molecule has 1 aromatic carbocycles. The number of halogens is 1. The summed E-state index contributed by atoms with van der Waals surface area (Å²) in [7, 11) is 0. The van der Waals surface area contributed by atoms with Gasteiger partial charge in [0.2, 0.25) is 0 Å². The lowest BCUT2D eigenvalue weighted by Crippen LogP contribution is -2.41. The summed E-state index contributed by atoms with van der Waals surface area (Å²) in [6.07, 6.45) is 2.42. The Bertz CT molecular complexity index is 390. The second-order valence-electron chi connectivity index (χ2n) is 5.84. The van der Waals surface area contributed by atoms with E-state index in [-0.39, 0.29) is 11.9 Å². The second kappa shape index (κ2) is 6.49. The fourth-order valence-electron chi connectivity index (χ4n) is 2.75. The van der Waals surface area contributed by atoms with Crippen LogP contribution >= 0.6 is 0 Å². The van der Waals surface area contributed by atoms with Crippen LogP contribution in [0.3, 0.4) is 0 Å². The van der Waals surface area contributed by atoms with Crippen molar-refractivity contribution in [3.63, 3.8) is 0 Å². The van der Waals surface area contributed by atoms with Gasteiger partial charge in [-0.2, -0.15) is 0 Å². The molecule has 0 radical (unpaired) electrons. The molecular weight excluding hydrogens is 241 g/mol. The summed E-state index contributed by atoms with van der Waals surface area (Å²) in [6, 6.07) is 7.61. The Labute approximate surface area is 115 Å². The van der Waals surface area contributed by atoms with Gasteiger partial charge in [0.25, 0.3) is 0 Å². The zero-order valence-electron chi connectivity index (χ0n) is 12.0. The summed E-state index contributed by atoms with van der Waals surface area (Å²) in [5.74, 6) is 0.301. The molecule has 106 valence electrons. The van der Waals surface area contributed by atoms with E-state index in [0.717, 1.165) is 25.0 Å². The Morgan fingerprint density at radius 3 is 2.53 bits per heavy atom. The molecule has 1 fully saturated rings. The summed E-state index contributed by atoms with van der Waals surface area (Å²) in [5, 5.41) is 3.72. The van der Waals surface area contributed by atoms with E-state index in [1.165, 1.54) is 0 Å². The maximum Gasteiger partial charge on any atom is 0.123 e. The normalized spacial score (nSPS) is 25.5. The van der Waals surface area contributed by atoms with E-state index in [1.807, 2.05) is 12.1 Å². The van der Waals surface area contributed by atoms with Gasteiger partial charge in [-0.3, -0.25) is 0 Å². The van der Waals surface area contributed by atoms with Crippen LogP contribution in [-0.4, -0.2) is 18.8 Å². The molecule has 3 heteroatoms. The molecule has 19 heavy (non-hydrogen) atoms. The molecular formula is C16H24FNO. The lowest BCUT2D eigenvalue weighted by atomic mass is 9.93. The van der Waals surface area contributed by atoms with E-state index in [2.05, 4.69) is 26.1 Å². The van der Waals surface area contributed by atoms with Crippen molar-refractivity contribution in [3.8, 4) is 0 Å². The van der Waals surface area contributed by atoms with Crippen LogP contribution in [0.1, 0.15) is 45.2 Å². The van der Waals surface area contributed by atoms with Gasteiger partial charge in [0.1, 0.15) is 5.82 Å². The topological polar surface area (TPSA) is 21.3 Å². The Morgan fingerprint density at radius 2 is 1.95 bits per heavy atom. The van der Waals surface area contributed by atoms with Crippen LogP contribution in [0.2, 0.25) is 0 Å². The Balaban J connectivity index is 2.05. The first-order chi connectivity index (χ1) is 9.06. The lowest BCUT2D eigenvalue weighted by molar-refractivity contribution is 0.0100. The third-order valence-corrected chi connectivity index (χ3v) is 3.80. The standard InChI is InChI=1S/C16H24FNO/c1-11(2)16(13-4-6-14(17)7-5-13)18-15-8-9-19-12(3)10-15/h4-7,11-12,15-16,18H,8-10H2,1-3H3. The highest BCUT2D eigenvalue weighted by Gasteiger charge is 2.24. The Hall–Kier alpha value is -0.930. The number of nitrogens with one attached hydrogen (secondary N) is 1. The van der Waals surface area contributed by atoms with Crippen LogP contribution in [0.15, 0.2) is 24.3 Å². The van der Waals surface area contributed by atoms with Crippen LogP contribution in [-0.2, 0) is 4.74 Å². The zero-order valence-corrected chi connectivity index (χ0v) is 12.0. The van der Waals surface area contributed by atoms with Gasteiger partial charge in [0.05, 0.1) is 6.10 Å². The van der Waals surface area contributed by atoms with Crippen LogP contribution in [0.25, 0.3) is 0 Å². The van der Waals surface area contributed by atoms with Crippen molar-refractivity contribution in [2.45, 2.75) is 51.8 Å². The number of rotatable bonds is 4. The first-order valence-electron chi connectivity index (χ1n) is 7.19. The molecule has 0 bridgehead atoms. The van der Waals surface area contributed by atoms with E-state index in [1.54, 1.807) is 12.1 Å². The van der Waals surface area contributed by atoms with Crippen molar-refractivity contribution < 1.29 is 9.13 Å². The number of benzene rings is 1. The summed E-state index contributed by atoms with van der Waals surface area (Å²) >= 11 is 0. The predicted molar refractivity (Wildman–Crippen MR) is 75.6 cm³/mol. The quantitative estimate of drug-likeness (QED) is 0.896. The van der Waals surface area contributed by atoms with Gasteiger partial charge in [0.15, 0.2) is 0 Å². The molecule has 0 amide bonds. The lowest BCUT2D eigenvalue weighted by Gasteiger charge is -2.33. The van der Waals surface area contributed by atoms with Crippen molar-refractivity contribution >= 4 is 0 Å². The molecule has 0 aliphatic carbocycles. The molecule has 1 saturated heterocycles. The first-order valence-corrected chi connectivity index (χ1v) is 7.19. The molecule has 2 rings (SSSR count). The molecule has 1 aliphatic heterocycles. The molecule has 0 aromatic heterocycles. The fourth-order valence-corrected chi connectivity index (χ4v) is 2.75. The highest BCUT2D eigenvalue weighted by molar-refractivity contribution is 5.20. The third kappa shape index (κ3) is 4.02. The van der Waals surface area contributed by atoms with Crippen molar-refractivity contribution in [1.29, 1.82) is 0 Å². The third-order valence-electron chi connectivity index (χ3n) is 3.80. The summed E-state index contributed by atoms with van der Waals surface area (Å²) in [5.41, 5.74) is 1.16. The Morgan fingerprint density at radius 1 is 1.26 bits per heavy atom. The predicted octanol–water partition coefficient (Wildman–Crippen LogP) is 3.68. The number of ether oxygens (including phenoxy) is 1. The van der Waals surface area contributed by atoms with Gasteiger partial charge in [-0.25, -0.2) is 4.39 Å².